The molecule has 0 aliphatic heterocycles. The molecule has 138 valence electrons. The summed E-state index contributed by atoms with van der Waals surface area (Å²) in [4.78, 5) is 0.266. The summed E-state index contributed by atoms with van der Waals surface area (Å²) in [5, 5.41) is 0. The van der Waals surface area contributed by atoms with Gasteiger partial charge in [0.1, 0.15) is 0 Å². The van der Waals surface area contributed by atoms with E-state index in [1.807, 2.05) is 32.9 Å². The largest absolute Gasteiger partial charge is 0.241 e. The van der Waals surface area contributed by atoms with E-state index in [0.29, 0.717) is 17.5 Å². The molecule has 1 aromatic carbocycles. The van der Waals surface area contributed by atoms with E-state index in [0.717, 1.165) is 11.8 Å². The summed E-state index contributed by atoms with van der Waals surface area (Å²) in [6.45, 7) is 9.28. The average molecular weight is 377 g/mol. The Morgan fingerprint density at radius 2 is 1.58 bits per heavy atom. The molecule has 1 aromatic rings. The van der Waals surface area contributed by atoms with Crippen LogP contribution in [-0.2, 0) is 20.0 Å². The Balaban J connectivity index is 2.94. The van der Waals surface area contributed by atoms with E-state index in [2.05, 4.69) is 4.72 Å². The fourth-order valence-corrected chi connectivity index (χ4v) is 5.57. The monoisotopic (exact) mass is 376 g/mol. The van der Waals surface area contributed by atoms with Gasteiger partial charge in [-0.3, -0.25) is 0 Å². The lowest BCUT2D eigenvalue weighted by Gasteiger charge is -2.26. The van der Waals surface area contributed by atoms with Gasteiger partial charge < -0.3 is 0 Å². The third kappa shape index (κ3) is 5.27. The van der Waals surface area contributed by atoms with E-state index in [9.17, 15) is 16.8 Å². The van der Waals surface area contributed by atoms with Crippen LogP contribution in [0.1, 0.15) is 37.0 Å². The maximum absolute atomic E-state index is 12.6. The van der Waals surface area contributed by atoms with Crippen molar-refractivity contribution in [2.45, 2.75) is 52.0 Å². The number of hydrogen-bond donors (Lipinski definition) is 1. The van der Waals surface area contributed by atoms with Crippen molar-refractivity contribution in [3.05, 3.63) is 28.8 Å². The number of nitrogens with one attached hydrogen (secondary N) is 1. The molecule has 0 saturated carbocycles. The number of hydrogen-bond acceptors (Lipinski definition) is 4. The first-order valence-electron chi connectivity index (χ1n) is 7.94. The number of aryl methyl sites for hydroxylation is 3. The van der Waals surface area contributed by atoms with Gasteiger partial charge in [-0.25, -0.2) is 21.6 Å². The fourth-order valence-electron chi connectivity index (χ4n) is 2.87. The molecule has 24 heavy (non-hydrogen) atoms. The third-order valence-corrected chi connectivity index (χ3v) is 7.17. The number of rotatable bonds is 8. The van der Waals surface area contributed by atoms with Gasteiger partial charge in [0.2, 0.25) is 20.0 Å². The van der Waals surface area contributed by atoms with Gasteiger partial charge in [-0.2, -0.15) is 4.31 Å². The molecular weight excluding hydrogens is 348 g/mol. The average Bonchev–Trinajstić information content (AvgIpc) is 2.39. The molecule has 1 unspecified atom stereocenters. The molecule has 0 spiro atoms. The van der Waals surface area contributed by atoms with Crippen LogP contribution in [-0.4, -0.2) is 46.5 Å². The van der Waals surface area contributed by atoms with Crippen molar-refractivity contribution in [2.24, 2.45) is 0 Å². The molecule has 1 atom stereocenters. The molecule has 1 rings (SSSR count). The summed E-state index contributed by atoms with van der Waals surface area (Å²) < 4.78 is 52.7. The van der Waals surface area contributed by atoms with Gasteiger partial charge in [0.25, 0.3) is 0 Å². The Hall–Kier alpha value is -0.960. The van der Waals surface area contributed by atoms with Gasteiger partial charge in [0.05, 0.1) is 11.2 Å². The Morgan fingerprint density at radius 3 is 2.00 bits per heavy atom. The van der Waals surface area contributed by atoms with Gasteiger partial charge >= 0.3 is 0 Å². The van der Waals surface area contributed by atoms with E-state index in [1.54, 1.807) is 13.8 Å². The summed E-state index contributed by atoms with van der Waals surface area (Å²) in [6, 6.07) is 3.47. The topological polar surface area (TPSA) is 83.6 Å². The first-order valence-corrected chi connectivity index (χ1v) is 11.3. The van der Waals surface area contributed by atoms with Gasteiger partial charge in [0, 0.05) is 19.1 Å². The molecule has 0 fully saturated rings. The second kappa shape index (κ2) is 7.95. The van der Waals surface area contributed by atoms with E-state index >= 15 is 0 Å². The van der Waals surface area contributed by atoms with Gasteiger partial charge in [-0.15, -0.1) is 0 Å². The van der Waals surface area contributed by atoms with Crippen LogP contribution in [0.2, 0.25) is 0 Å². The Bertz CT molecular complexity index is 763. The highest BCUT2D eigenvalue weighted by Gasteiger charge is 2.24. The first kappa shape index (κ1) is 21.1. The molecule has 1 N–H and O–H groups in total. The van der Waals surface area contributed by atoms with Crippen molar-refractivity contribution >= 4 is 20.0 Å². The number of nitrogens with zero attached hydrogens (tertiary/aromatic N) is 1. The summed E-state index contributed by atoms with van der Waals surface area (Å²) in [5.41, 5.74) is 2.37. The maximum atomic E-state index is 12.6. The van der Waals surface area contributed by atoms with Gasteiger partial charge in [-0.1, -0.05) is 24.6 Å². The molecule has 0 amide bonds. The van der Waals surface area contributed by atoms with Crippen molar-refractivity contribution in [3.8, 4) is 0 Å². The molecule has 0 saturated heterocycles. The molecule has 0 bridgehead atoms. The predicted octanol–water partition coefficient (Wildman–Crippen LogP) is 1.95. The minimum absolute atomic E-state index is 0.0342. The van der Waals surface area contributed by atoms with E-state index in [1.165, 1.54) is 4.31 Å². The lowest BCUT2D eigenvalue weighted by atomic mass is 10.1. The maximum Gasteiger partial charge on any atom is 0.241 e. The third-order valence-electron chi connectivity index (χ3n) is 4.01. The molecule has 6 nitrogen and oxygen atoms in total. The van der Waals surface area contributed by atoms with E-state index in [4.69, 9.17) is 0 Å². The molecule has 0 radical (unpaired) electrons. The van der Waals surface area contributed by atoms with E-state index < -0.39 is 20.0 Å². The van der Waals surface area contributed by atoms with Crippen LogP contribution >= 0.6 is 0 Å². The van der Waals surface area contributed by atoms with Crippen molar-refractivity contribution < 1.29 is 16.8 Å². The minimum atomic E-state index is -3.68. The van der Waals surface area contributed by atoms with Gasteiger partial charge in [0.15, 0.2) is 0 Å². The second-order valence-corrected chi connectivity index (χ2v) is 9.90. The normalized spacial score (nSPS) is 14.1. The molecular formula is C16H28N2O4S2. The van der Waals surface area contributed by atoms with Crippen LogP contribution in [0, 0.1) is 20.8 Å². The van der Waals surface area contributed by atoms with Crippen molar-refractivity contribution in [2.75, 3.05) is 19.3 Å². The minimum Gasteiger partial charge on any atom is -0.212 e. The Morgan fingerprint density at radius 1 is 1.08 bits per heavy atom. The van der Waals surface area contributed by atoms with Crippen LogP contribution in [0.5, 0.6) is 0 Å². The molecule has 0 heterocycles. The highest BCUT2D eigenvalue weighted by Crippen LogP contribution is 2.21. The van der Waals surface area contributed by atoms with Gasteiger partial charge in [-0.05, 0) is 45.2 Å². The molecule has 0 aliphatic carbocycles. The smallest absolute Gasteiger partial charge is 0.212 e. The standard InChI is InChI=1S/C16H28N2O4S2/c1-7-15(5)18(23(6,19)20)9-8-17-24(21,22)16-13(3)10-12(2)11-14(16)4/h10-11,15,17H,7-9H2,1-6H3. The zero-order chi connectivity index (χ0) is 18.7. The van der Waals surface area contributed by atoms with Crippen LogP contribution in [0.15, 0.2) is 17.0 Å². The quantitative estimate of drug-likeness (QED) is 0.752. The summed E-state index contributed by atoms with van der Waals surface area (Å²) in [7, 11) is -7.07. The fraction of sp³-hybridized carbons (Fsp3) is 0.625. The number of sulfonamides is 2. The lowest BCUT2D eigenvalue weighted by Crippen LogP contribution is -2.42. The lowest BCUT2D eigenvalue weighted by molar-refractivity contribution is 0.335. The number of benzene rings is 1. The van der Waals surface area contributed by atoms with Crippen LogP contribution in [0.3, 0.4) is 0 Å². The van der Waals surface area contributed by atoms with E-state index in [-0.39, 0.29) is 24.0 Å². The van der Waals surface area contributed by atoms with Crippen LogP contribution < -0.4 is 4.72 Å². The highest BCUT2D eigenvalue weighted by molar-refractivity contribution is 7.89. The summed E-state index contributed by atoms with van der Waals surface area (Å²) >= 11 is 0. The molecule has 8 heteroatoms. The zero-order valence-electron chi connectivity index (χ0n) is 15.3. The highest BCUT2D eigenvalue weighted by atomic mass is 32.2. The predicted molar refractivity (Wildman–Crippen MR) is 97.1 cm³/mol. The molecule has 0 aromatic heterocycles. The second-order valence-electron chi connectivity index (χ2n) is 6.26. The summed E-state index contributed by atoms with van der Waals surface area (Å²) in [5.74, 6) is 0. The van der Waals surface area contributed by atoms with Crippen molar-refractivity contribution in [3.63, 3.8) is 0 Å². The summed E-state index contributed by atoms with van der Waals surface area (Å²) in [6.07, 6.45) is 1.80. The van der Waals surface area contributed by atoms with Crippen LogP contribution in [0.4, 0.5) is 0 Å². The molecule has 0 aliphatic rings. The first-order chi connectivity index (χ1) is 10.9. The zero-order valence-corrected chi connectivity index (χ0v) is 16.9. The van der Waals surface area contributed by atoms with Crippen molar-refractivity contribution in [1.82, 2.24) is 9.03 Å². The SMILES string of the molecule is CCC(C)N(CCNS(=O)(=O)c1c(C)cc(C)cc1C)S(C)(=O)=O. The van der Waals surface area contributed by atoms with Crippen LogP contribution in [0.25, 0.3) is 0 Å². The Labute approximate surface area is 146 Å². The van der Waals surface area contributed by atoms with Crippen molar-refractivity contribution in [1.29, 1.82) is 0 Å². The Kier molecular flexibility index (Phi) is 6.98.